The highest BCUT2D eigenvalue weighted by atomic mass is 32.1. The molecule has 3 heterocycles. The molecule has 5 heteroatoms. The van der Waals surface area contributed by atoms with E-state index in [9.17, 15) is 4.79 Å². The van der Waals surface area contributed by atoms with Crippen molar-refractivity contribution in [1.82, 2.24) is 10.3 Å². The molecule has 0 unspecified atom stereocenters. The SMILES string of the molecule is O=C1N[C@@H](c2ccncc2)Nc2scc(-c3ccccc3)c21. The van der Waals surface area contributed by atoms with E-state index in [1.807, 2.05) is 47.8 Å². The summed E-state index contributed by atoms with van der Waals surface area (Å²) in [7, 11) is 0. The number of pyridine rings is 1. The zero-order chi connectivity index (χ0) is 14.9. The van der Waals surface area contributed by atoms with E-state index in [1.54, 1.807) is 23.7 Å². The standard InChI is InChI=1S/C17H13N3OS/c21-16-14-13(11-4-2-1-3-5-11)10-22-17(14)20-15(19-16)12-6-8-18-9-7-12/h1-10,15,20H,(H,19,21)/t15-/m1/s1. The highest BCUT2D eigenvalue weighted by Crippen LogP contribution is 2.39. The van der Waals surface area contributed by atoms with Gasteiger partial charge < -0.3 is 10.6 Å². The zero-order valence-electron chi connectivity index (χ0n) is 11.6. The van der Waals surface area contributed by atoms with Crippen molar-refractivity contribution >= 4 is 22.2 Å². The molecule has 1 aliphatic heterocycles. The molecule has 1 amide bonds. The van der Waals surface area contributed by atoms with Gasteiger partial charge in [-0.25, -0.2) is 0 Å². The van der Waals surface area contributed by atoms with Crippen LogP contribution in [-0.4, -0.2) is 10.9 Å². The van der Waals surface area contributed by atoms with Crippen LogP contribution in [0.15, 0.2) is 60.2 Å². The van der Waals surface area contributed by atoms with Gasteiger partial charge in [0, 0.05) is 23.3 Å². The van der Waals surface area contributed by atoms with Crippen LogP contribution < -0.4 is 10.6 Å². The van der Waals surface area contributed by atoms with Crippen molar-refractivity contribution < 1.29 is 4.79 Å². The highest BCUT2D eigenvalue weighted by Gasteiger charge is 2.29. The van der Waals surface area contributed by atoms with E-state index in [1.165, 1.54) is 0 Å². The number of nitrogens with zero attached hydrogens (tertiary/aromatic N) is 1. The summed E-state index contributed by atoms with van der Waals surface area (Å²) in [6.45, 7) is 0. The summed E-state index contributed by atoms with van der Waals surface area (Å²) in [6.07, 6.45) is 3.23. The van der Waals surface area contributed by atoms with Crippen LogP contribution in [0.5, 0.6) is 0 Å². The van der Waals surface area contributed by atoms with E-state index in [0.29, 0.717) is 0 Å². The van der Waals surface area contributed by atoms with E-state index in [4.69, 9.17) is 0 Å². The maximum atomic E-state index is 12.6. The summed E-state index contributed by atoms with van der Waals surface area (Å²) in [5, 5.41) is 9.34. The molecule has 4 nitrogen and oxygen atoms in total. The number of rotatable bonds is 2. The van der Waals surface area contributed by atoms with E-state index >= 15 is 0 Å². The van der Waals surface area contributed by atoms with E-state index in [0.717, 1.165) is 27.3 Å². The van der Waals surface area contributed by atoms with Crippen molar-refractivity contribution in [2.45, 2.75) is 6.17 Å². The van der Waals surface area contributed by atoms with Crippen LogP contribution in [-0.2, 0) is 0 Å². The fraction of sp³-hybridized carbons (Fsp3) is 0.0588. The predicted octanol–water partition coefficient (Wildman–Crippen LogP) is 3.66. The van der Waals surface area contributed by atoms with Gasteiger partial charge in [0.2, 0.25) is 0 Å². The van der Waals surface area contributed by atoms with Crippen LogP contribution in [0.4, 0.5) is 5.00 Å². The minimum Gasteiger partial charge on any atom is -0.353 e. The zero-order valence-corrected chi connectivity index (χ0v) is 12.4. The normalized spacial score (nSPS) is 16.5. The molecule has 1 aromatic carbocycles. The topological polar surface area (TPSA) is 54.0 Å². The molecule has 2 aromatic heterocycles. The van der Waals surface area contributed by atoms with Gasteiger partial charge in [-0.05, 0) is 23.3 Å². The van der Waals surface area contributed by atoms with Gasteiger partial charge in [0.1, 0.15) is 11.2 Å². The number of carbonyl (C=O) groups is 1. The highest BCUT2D eigenvalue weighted by molar-refractivity contribution is 7.15. The van der Waals surface area contributed by atoms with Gasteiger partial charge in [0.05, 0.1) is 5.56 Å². The Balaban J connectivity index is 1.73. The number of nitrogens with one attached hydrogen (secondary N) is 2. The van der Waals surface area contributed by atoms with Crippen LogP contribution in [0.1, 0.15) is 22.1 Å². The van der Waals surface area contributed by atoms with Crippen molar-refractivity contribution in [3.05, 3.63) is 71.4 Å². The number of hydrogen-bond donors (Lipinski definition) is 2. The minimum atomic E-state index is -0.217. The Bertz CT molecular complexity index is 814. The van der Waals surface area contributed by atoms with Crippen LogP contribution in [0.25, 0.3) is 11.1 Å². The minimum absolute atomic E-state index is 0.0457. The molecular formula is C17H13N3OS. The molecular weight excluding hydrogens is 294 g/mol. The monoisotopic (exact) mass is 307 g/mol. The van der Waals surface area contributed by atoms with Gasteiger partial charge in [0.15, 0.2) is 0 Å². The second-order valence-electron chi connectivity index (χ2n) is 5.05. The summed E-state index contributed by atoms with van der Waals surface area (Å²) in [4.78, 5) is 16.6. The number of carbonyl (C=O) groups excluding carboxylic acids is 1. The van der Waals surface area contributed by atoms with Crippen molar-refractivity contribution in [3.63, 3.8) is 0 Å². The molecule has 0 aliphatic carbocycles. The summed E-state index contributed by atoms with van der Waals surface area (Å²) < 4.78 is 0. The Morgan fingerprint density at radius 1 is 1.00 bits per heavy atom. The van der Waals surface area contributed by atoms with Gasteiger partial charge in [0.25, 0.3) is 5.91 Å². The molecule has 0 saturated heterocycles. The van der Waals surface area contributed by atoms with Crippen molar-refractivity contribution in [2.24, 2.45) is 0 Å². The summed E-state index contributed by atoms with van der Waals surface area (Å²) >= 11 is 1.56. The van der Waals surface area contributed by atoms with Crippen LogP contribution in [0.3, 0.4) is 0 Å². The van der Waals surface area contributed by atoms with Crippen LogP contribution in [0.2, 0.25) is 0 Å². The molecule has 0 radical (unpaired) electrons. The smallest absolute Gasteiger partial charge is 0.256 e. The molecule has 0 spiro atoms. The van der Waals surface area contributed by atoms with Crippen molar-refractivity contribution in [2.75, 3.05) is 5.32 Å². The van der Waals surface area contributed by atoms with Crippen LogP contribution in [0, 0.1) is 0 Å². The van der Waals surface area contributed by atoms with Gasteiger partial charge in [-0.3, -0.25) is 9.78 Å². The molecule has 0 bridgehead atoms. The van der Waals surface area contributed by atoms with Crippen molar-refractivity contribution in [3.8, 4) is 11.1 Å². The van der Waals surface area contributed by atoms with Gasteiger partial charge in [-0.2, -0.15) is 0 Å². The Morgan fingerprint density at radius 2 is 1.77 bits per heavy atom. The maximum Gasteiger partial charge on any atom is 0.256 e. The number of hydrogen-bond acceptors (Lipinski definition) is 4. The third-order valence-electron chi connectivity index (χ3n) is 3.69. The summed E-state index contributed by atoms with van der Waals surface area (Å²) in [5.74, 6) is -0.0457. The van der Waals surface area contributed by atoms with Crippen molar-refractivity contribution in [1.29, 1.82) is 0 Å². The first kappa shape index (κ1) is 13.0. The molecule has 2 N–H and O–H groups in total. The first-order chi connectivity index (χ1) is 10.8. The average molecular weight is 307 g/mol. The van der Waals surface area contributed by atoms with E-state index in [-0.39, 0.29) is 12.1 Å². The maximum absolute atomic E-state index is 12.6. The number of amides is 1. The quantitative estimate of drug-likeness (QED) is 0.759. The fourth-order valence-electron chi connectivity index (χ4n) is 2.61. The first-order valence-electron chi connectivity index (χ1n) is 6.97. The molecule has 0 saturated carbocycles. The number of benzene rings is 1. The number of fused-ring (bicyclic) bond motifs is 1. The van der Waals surface area contributed by atoms with Gasteiger partial charge >= 0.3 is 0 Å². The molecule has 4 rings (SSSR count). The fourth-order valence-corrected chi connectivity index (χ4v) is 3.61. The Morgan fingerprint density at radius 3 is 2.55 bits per heavy atom. The Hall–Kier alpha value is -2.66. The molecule has 0 fully saturated rings. The Labute approximate surface area is 131 Å². The summed E-state index contributed by atoms with van der Waals surface area (Å²) in [5.41, 5.74) is 3.74. The van der Waals surface area contributed by atoms with E-state index in [2.05, 4.69) is 15.6 Å². The first-order valence-corrected chi connectivity index (χ1v) is 7.85. The average Bonchev–Trinajstić information content (AvgIpc) is 3.01. The molecule has 22 heavy (non-hydrogen) atoms. The van der Waals surface area contributed by atoms with Gasteiger partial charge in [-0.15, -0.1) is 11.3 Å². The van der Waals surface area contributed by atoms with Crippen LogP contribution >= 0.6 is 11.3 Å². The second-order valence-corrected chi connectivity index (χ2v) is 5.93. The lowest BCUT2D eigenvalue weighted by Crippen LogP contribution is -2.37. The molecule has 108 valence electrons. The number of thiophene rings is 1. The molecule has 1 atom stereocenters. The second kappa shape index (κ2) is 5.27. The number of aromatic nitrogens is 1. The third-order valence-corrected chi connectivity index (χ3v) is 4.60. The summed E-state index contributed by atoms with van der Waals surface area (Å²) in [6, 6.07) is 13.8. The largest absolute Gasteiger partial charge is 0.353 e. The lowest BCUT2D eigenvalue weighted by molar-refractivity contribution is 0.0937. The lowest BCUT2D eigenvalue weighted by atomic mass is 10.0. The number of anilines is 1. The predicted molar refractivity (Wildman–Crippen MR) is 87.8 cm³/mol. The van der Waals surface area contributed by atoms with E-state index < -0.39 is 0 Å². The molecule has 1 aliphatic rings. The Kier molecular flexibility index (Phi) is 3.12. The lowest BCUT2D eigenvalue weighted by Gasteiger charge is -2.26. The third kappa shape index (κ3) is 2.16. The molecule has 3 aromatic rings. The van der Waals surface area contributed by atoms with Gasteiger partial charge in [-0.1, -0.05) is 30.3 Å².